The van der Waals surface area contributed by atoms with Crippen LogP contribution < -0.4 is 10.6 Å². The largest absolute Gasteiger partial charge is 0.395 e. The zero-order valence-electron chi connectivity index (χ0n) is 10.8. The summed E-state index contributed by atoms with van der Waals surface area (Å²) in [5.74, 6) is 0.120. The van der Waals surface area contributed by atoms with E-state index in [9.17, 15) is 9.59 Å². The maximum absolute atomic E-state index is 11.6. The second-order valence-electron chi connectivity index (χ2n) is 3.98. The number of carbonyl (C=O) groups is 2. The maximum atomic E-state index is 11.6. The van der Waals surface area contributed by atoms with E-state index in [2.05, 4.69) is 10.6 Å². The van der Waals surface area contributed by atoms with E-state index < -0.39 is 0 Å². The lowest BCUT2D eigenvalue weighted by atomic mass is 10.2. The summed E-state index contributed by atoms with van der Waals surface area (Å²) in [6.45, 7) is 2.12. The molecule has 0 radical (unpaired) electrons. The van der Waals surface area contributed by atoms with Crippen LogP contribution in [-0.2, 0) is 9.59 Å². The number of aliphatic hydroxyl groups excluding tert-OH is 1. The van der Waals surface area contributed by atoms with E-state index in [1.54, 1.807) is 0 Å². The van der Waals surface area contributed by atoms with Crippen molar-refractivity contribution in [3.05, 3.63) is 29.8 Å². The Morgan fingerprint density at radius 3 is 2.68 bits per heavy atom. The minimum absolute atomic E-state index is 0.0791. The van der Waals surface area contributed by atoms with Crippen LogP contribution >= 0.6 is 11.8 Å². The molecule has 104 valence electrons. The molecule has 0 aromatic heterocycles. The molecule has 3 N–H and O–H groups in total. The third-order valence-corrected chi connectivity index (χ3v) is 3.13. The fraction of sp³-hybridized carbons (Fsp3) is 0.385. The lowest BCUT2D eigenvalue weighted by Crippen LogP contribution is -2.28. The first-order valence-corrected chi connectivity index (χ1v) is 7.09. The highest BCUT2D eigenvalue weighted by atomic mass is 32.2. The molecule has 2 amide bonds. The minimum atomic E-state index is -0.178. The van der Waals surface area contributed by atoms with Crippen LogP contribution in [0.15, 0.2) is 24.3 Å². The first-order valence-electron chi connectivity index (χ1n) is 5.93. The molecule has 0 saturated carbocycles. The molecular formula is C13H18N2O3S. The van der Waals surface area contributed by atoms with Crippen molar-refractivity contribution in [2.75, 3.05) is 30.0 Å². The Hall–Kier alpha value is -1.53. The second-order valence-corrected chi connectivity index (χ2v) is 4.97. The van der Waals surface area contributed by atoms with E-state index in [1.165, 1.54) is 11.8 Å². The van der Waals surface area contributed by atoms with Gasteiger partial charge in [-0.3, -0.25) is 9.59 Å². The van der Waals surface area contributed by atoms with Crippen molar-refractivity contribution in [2.24, 2.45) is 0 Å². The van der Waals surface area contributed by atoms with Gasteiger partial charge in [0.1, 0.15) is 0 Å². The number of rotatable bonds is 7. The number of aliphatic hydroxyl groups is 1. The monoisotopic (exact) mass is 282 g/mol. The molecule has 0 heterocycles. The number of hydrogen-bond donors (Lipinski definition) is 3. The van der Waals surface area contributed by atoms with Crippen molar-refractivity contribution in [3.8, 4) is 0 Å². The molecule has 5 nitrogen and oxygen atoms in total. The van der Waals surface area contributed by atoms with Crippen LogP contribution in [0.1, 0.15) is 5.56 Å². The lowest BCUT2D eigenvalue weighted by Gasteiger charge is -2.06. The molecule has 0 atom stereocenters. The van der Waals surface area contributed by atoms with Gasteiger partial charge in [0, 0.05) is 12.2 Å². The number of nitrogens with one attached hydrogen (secondary N) is 2. The smallest absolute Gasteiger partial charge is 0.234 e. The first kappa shape index (κ1) is 15.5. The van der Waals surface area contributed by atoms with Crippen molar-refractivity contribution in [2.45, 2.75) is 6.92 Å². The molecule has 0 aliphatic rings. The first-order chi connectivity index (χ1) is 9.11. The summed E-state index contributed by atoms with van der Waals surface area (Å²) in [4.78, 5) is 22.8. The van der Waals surface area contributed by atoms with E-state index >= 15 is 0 Å². The summed E-state index contributed by atoms with van der Waals surface area (Å²) >= 11 is 1.24. The Morgan fingerprint density at radius 1 is 1.26 bits per heavy atom. The second kappa shape index (κ2) is 8.55. The summed E-state index contributed by atoms with van der Waals surface area (Å²) in [7, 11) is 0. The highest BCUT2D eigenvalue weighted by Gasteiger charge is 2.05. The van der Waals surface area contributed by atoms with E-state index in [0.717, 1.165) is 11.3 Å². The highest BCUT2D eigenvalue weighted by molar-refractivity contribution is 8.00. The number of benzene rings is 1. The number of aryl methyl sites for hydroxylation is 1. The molecule has 0 unspecified atom stereocenters. The maximum Gasteiger partial charge on any atom is 0.234 e. The van der Waals surface area contributed by atoms with Gasteiger partial charge in [0.15, 0.2) is 0 Å². The Balaban J connectivity index is 2.23. The van der Waals surface area contributed by atoms with Crippen LogP contribution in [-0.4, -0.2) is 41.6 Å². The average molecular weight is 282 g/mol. The van der Waals surface area contributed by atoms with Gasteiger partial charge in [0.05, 0.1) is 18.1 Å². The van der Waals surface area contributed by atoms with Gasteiger partial charge in [-0.1, -0.05) is 12.1 Å². The molecule has 19 heavy (non-hydrogen) atoms. The SMILES string of the molecule is Cc1cccc(NC(=O)CSCC(=O)NCCO)c1. The van der Waals surface area contributed by atoms with E-state index in [4.69, 9.17) is 5.11 Å². The summed E-state index contributed by atoms with van der Waals surface area (Å²) in [6.07, 6.45) is 0. The predicted octanol–water partition coefficient (Wildman–Crippen LogP) is 0.775. The zero-order valence-corrected chi connectivity index (χ0v) is 11.6. The van der Waals surface area contributed by atoms with Crippen molar-refractivity contribution < 1.29 is 14.7 Å². The Labute approximate surface area is 116 Å². The van der Waals surface area contributed by atoms with Gasteiger partial charge in [0.2, 0.25) is 11.8 Å². The lowest BCUT2D eigenvalue weighted by molar-refractivity contribution is -0.118. The van der Waals surface area contributed by atoms with Gasteiger partial charge in [-0.05, 0) is 24.6 Å². The zero-order chi connectivity index (χ0) is 14.1. The fourth-order valence-electron chi connectivity index (χ4n) is 1.40. The van der Waals surface area contributed by atoms with Gasteiger partial charge in [-0.2, -0.15) is 0 Å². The molecular weight excluding hydrogens is 264 g/mol. The average Bonchev–Trinajstić information content (AvgIpc) is 2.36. The van der Waals surface area contributed by atoms with Crippen LogP contribution in [0.4, 0.5) is 5.69 Å². The molecule has 1 aromatic carbocycles. The summed E-state index contributed by atoms with van der Waals surface area (Å²) in [5, 5.41) is 13.8. The van der Waals surface area contributed by atoms with Crippen molar-refractivity contribution in [1.82, 2.24) is 5.32 Å². The number of amides is 2. The topological polar surface area (TPSA) is 78.4 Å². The fourth-order valence-corrected chi connectivity index (χ4v) is 2.05. The van der Waals surface area contributed by atoms with Crippen LogP contribution in [0.5, 0.6) is 0 Å². The summed E-state index contributed by atoms with van der Waals surface area (Å²) in [6, 6.07) is 7.54. The van der Waals surface area contributed by atoms with Gasteiger partial charge < -0.3 is 15.7 Å². The normalized spacial score (nSPS) is 10.0. The van der Waals surface area contributed by atoms with Crippen molar-refractivity contribution in [3.63, 3.8) is 0 Å². The molecule has 0 saturated heterocycles. The van der Waals surface area contributed by atoms with E-state index in [0.29, 0.717) is 0 Å². The molecule has 6 heteroatoms. The number of anilines is 1. The van der Waals surface area contributed by atoms with E-state index in [1.807, 2.05) is 31.2 Å². The van der Waals surface area contributed by atoms with Crippen LogP contribution in [0, 0.1) is 6.92 Å². The predicted molar refractivity (Wildman–Crippen MR) is 77.2 cm³/mol. The number of carbonyl (C=O) groups excluding carboxylic acids is 2. The highest BCUT2D eigenvalue weighted by Crippen LogP contribution is 2.10. The van der Waals surface area contributed by atoms with Crippen LogP contribution in [0.3, 0.4) is 0 Å². The quantitative estimate of drug-likeness (QED) is 0.690. The summed E-state index contributed by atoms with van der Waals surface area (Å²) < 4.78 is 0. The standard InChI is InChI=1S/C13H18N2O3S/c1-10-3-2-4-11(7-10)15-13(18)9-19-8-12(17)14-5-6-16/h2-4,7,16H,5-6,8-9H2,1H3,(H,14,17)(H,15,18). The molecule has 0 fully saturated rings. The van der Waals surface area contributed by atoms with Crippen molar-refractivity contribution >= 4 is 29.3 Å². The van der Waals surface area contributed by atoms with E-state index in [-0.39, 0.29) is 36.5 Å². The Morgan fingerprint density at radius 2 is 2.00 bits per heavy atom. The molecule has 1 aromatic rings. The third-order valence-electron chi connectivity index (χ3n) is 2.20. The molecule has 0 spiro atoms. The molecule has 0 aliphatic heterocycles. The van der Waals surface area contributed by atoms with Crippen LogP contribution in [0.25, 0.3) is 0 Å². The third kappa shape index (κ3) is 6.83. The number of thioether (sulfide) groups is 1. The molecule has 0 bridgehead atoms. The number of hydrogen-bond acceptors (Lipinski definition) is 4. The van der Waals surface area contributed by atoms with Crippen molar-refractivity contribution in [1.29, 1.82) is 0 Å². The van der Waals surface area contributed by atoms with Gasteiger partial charge in [-0.25, -0.2) is 0 Å². The summed E-state index contributed by atoms with van der Waals surface area (Å²) in [5.41, 5.74) is 1.84. The molecule has 0 aliphatic carbocycles. The van der Waals surface area contributed by atoms with Gasteiger partial charge in [0.25, 0.3) is 0 Å². The van der Waals surface area contributed by atoms with Gasteiger partial charge >= 0.3 is 0 Å². The minimum Gasteiger partial charge on any atom is -0.395 e. The Bertz CT molecular complexity index is 438. The molecule has 1 rings (SSSR count). The Kier molecular flexibility index (Phi) is 6.99. The van der Waals surface area contributed by atoms with Crippen LogP contribution in [0.2, 0.25) is 0 Å². The van der Waals surface area contributed by atoms with Gasteiger partial charge in [-0.15, -0.1) is 11.8 Å².